The molecule has 0 bridgehead atoms. The fourth-order valence-electron chi connectivity index (χ4n) is 6.73. The molecule has 0 radical (unpaired) electrons. The lowest BCUT2D eigenvalue weighted by Gasteiger charge is -2.35. The number of aryl methyl sites for hydroxylation is 1. The summed E-state index contributed by atoms with van der Waals surface area (Å²) >= 11 is 6.59. The number of nitrogens with zero attached hydrogens (tertiary/aromatic N) is 5. The van der Waals surface area contributed by atoms with Gasteiger partial charge in [-0.1, -0.05) is 35.9 Å². The number of phenolic OH excluding ortho intramolecular Hbond substituents is 1. The number of anilines is 2. The van der Waals surface area contributed by atoms with Gasteiger partial charge in [0.2, 0.25) is 0 Å². The quantitative estimate of drug-likeness (QED) is 0.226. The minimum absolute atomic E-state index is 0.0349. The Morgan fingerprint density at radius 1 is 0.956 bits per heavy atom. The Bertz CT molecular complexity index is 1930. The highest BCUT2D eigenvalue weighted by molar-refractivity contribution is 6.31. The third-order valence-electron chi connectivity index (χ3n) is 9.00. The van der Waals surface area contributed by atoms with E-state index in [4.69, 9.17) is 11.6 Å². The second kappa shape index (κ2) is 11.6. The third kappa shape index (κ3) is 5.29. The van der Waals surface area contributed by atoms with E-state index in [1.165, 1.54) is 5.56 Å². The molecule has 45 heavy (non-hydrogen) atoms. The molecule has 228 valence electrons. The molecule has 2 aliphatic rings. The topological polar surface area (TPSA) is 83.6 Å². The zero-order valence-corrected chi connectivity index (χ0v) is 26.0. The van der Waals surface area contributed by atoms with E-state index in [0.717, 1.165) is 54.7 Å². The number of fused-ring (bicyclic) bond motifs is 2. The minimum Gasteiger partial charge on any atom is -0.508 e. The molecule has 0 saturated heterocycles. The first-order chi connectivity index (χ1) is 21.8. The molecule has 5 aromatic rings. The largest absolute Gasteiger partial charge is 0.508 e. The van der Waals surface area contributed by atoms with Crippen LogP contribution in [0.5, 0.6) is 5.75 Å². The van der Waals surface area contributed by atoms with Gasteiger partial charge in [-0.2, -0.15) is 5.10 Å². The van der Waals surface area contributed by atoms with Crippen LogP contribution in [0, 0.1) is 0 Å². The number of hydrogen-bond acceptors (Lipinski definition) is 4. The van der Waals surface area contributed by atoms with Gasteiger partial charge in [-0.05, 0) is 92.3 Å². The summed E-state index contributed by atoms with van der Waals surface area (Å²) in [6.07, 6.45) is 6.91. The highest BCUT2D eigenvalue weighted by atomic mass is 35.5. The van der Waals surface area contributed by atoms with E-state index in [1.54, 1.807) is 59.4 Å². The van der Waals surface area contributed by atoms with Crippen molar-refractivity contribution in [3.05, 3.63) is 118 Å². The lowest BCUT2D eigenvalue weighted by Crippen LogP contribution is -2.42. The number of carbonyl (C=O) groups is 2. The van der Waals surface area contributed by atoms with Crippen LogP contribution in [-0.4, -0.2) is 42.2 Å². The summed E-state index contributed by atoms with van der Waals surface area (Å²) in [5.74, 6) is -0.142. The summed E-state index contributed by atoms with van der Waals surface area (Å²) in [7, 11) is 1.81. The van der Waals surface area contributed by atoms with Crippen LogP contribution < -0.4 is 4.90 Å². The van der Waals surface area contributed by atoms with Crippen molar-refractivity contribution in [2.45, 2.75) is 51.7 Å². The van der Waals surface area contributed by atoms with Crippen molar-refractivity contribution >= 4 is 34.8 Å². The number of carbonyl (C=O) groups excluding carboxylic acids is 2. The summed E-state index contributed by atoms with van der Waals surface area (Å²) in [5.41, 5.74) is 7.27. The average molecular weight is 620 g/mol. The molecule has 9 heteroatoms. The maximum Gasteiger partial charge on any atom is 0.264 e. The van der Waals surface area contributed by atoms with E-state index in [2.05, 4.69) is 28.7 Å². The molecule has 7 rings (SSSR count). The van der Waals surface area contributed by atoms with Crippen LogP contribution in [0.25, 0.3) is 11.3 Å². The molecular weight excluding hydrogens is 586 g/mol. The van der Waals surface area contributed by atoms with Crippen molar-refractivity contribution in [1.82, 2.24) is 19.2 Å². The van der Waals surface area contributed by atoms with Gasteiger partial charge in [-0.25, -0.2) is 0 Å². The van der Waals surface area contributed by atoms with Crippen molar-refractivity contribution in [1.29, 1.82) is 0 Å². The molecule has 2 aromatic heterocycles. The van der Waals surface area contributed by atoms with Crippen LogP contribution in [0.4, 0.5) is 11.4 Å². The van der Waals surface area contributed by atoms with Crippen molar-refractivity contribution in [2.75, 3.05) is 4.90 Å². The SMILES string of the molecule is C[C@@H]1Cc2ccccc2CN1C(=O)c1ccc(Cl)cc1-c1cc(C(=O)N(c2ccc(O)cc2)c2cnn(C)c2)c2n1CCCC2. The van der Waals surface area contributed by atoms with Crippen molar-refractivity contribution in [3.8, 4) is 17.0 Å². The molecular formula is C36H34ClN5O3. The number of aromatic hydroxyl groups is 1. The third-order valence-corrected chi connectivity index (χ3v) is 9.24. The predicted octanol–water partition coefficient (Wildman–Crippen LogP) is 7.15. The van der Waals surface area contributed by atoms with Gasteiger partial charge in [0.05, 0.1) is 17.4 Å². The average Bonchev–Trinajstić information content (AvgIpc) is 3.65. The van der Waals surface area contributed by atoms with Crippen LogP contribution in [0.3, 0.4) is 0 Å². The van der Waals surface area contributed by atoms with E-state index < -0.39 is 0 Å². The first-order valence-corrected chi connectivity index (χ1v) is 15.7. The molecule has 0 unspecified atom stereocenters. The van der Waals surface area contributed by atoms with Gasteiger partial charge in [0.25, 0.3) is 11.8 Å². The number of halogens is 1. The van der Waals surface area contributed by atoms with E-state index in [9.17, 15) is 14.7 Å². The Hall–Kier alpha value is -4.82. The van der Waals surface area contributed by atoms with E-state index >= 15 is 0 Å². The van der Waals surface area contributed by atoms with Gasteiger partial charge in [0.1, 0.15) is 5.75 Å². The lowest BCUT2D eigenvalue weighted by molar-refractivity contribution is 0.0659. The van der Waals surface area contributed by atoms with Gasteiger partial charge < -0.3 is 14.6 Å². The van der Waals surface area contributed by atoms with Gasteiger partial charge in [0.15, 0.2) is 0 Å². The summed E-state index contributed by atoms with van der Waals surface area (Å²) in [6.45, 7) is 3.37. The van der Waals surface area contributed by atoms with Crippen molar-refractivity contribution in [2.24, 2.45) is 7.05 Å². The zero-order chi connectivity index (χ0) is 31.2. The second-order valence-corrected chi connectivity index (χ2v) is 12.4. The first-order valence-electron chi connectivity index (χ1n) is 15.3. The van der Waals surface area contributed by atoms with E-state index in [0.29, 0.717) is 34.1 Å². The molecule has 2 aliphatic heterocycles. The number of rotatable bonds is 5. The van der Waals surface area contributed by atoms with E-state index in [-0.39, 0.29) is 23.6 Å². The Kier molecular flexibility index (Phi) is 7.45. The monoisotopic (exact) mass is 619 g/mol. The molecule has 0 fully saturated rings. The number of benzene rings is 3. The summed E-state index contributed by atoms with van der Waals surface area (Å²) in [5, 5.41) is 14.8. The van der Waals surface area contributed by atoms with Crippen molar-refractivity contribution in [3.63, 3.8) is 0 Å². The summed E-state index contributed by atoms with van der Waals surface area (Å²) in [4.78, 5) is 32.4. The lowest BCUT2D eigenvalue weighted by atomic mass is 9.93. The van der Waals surface area contributed by atoms with Crippen LogP contribution in [0.15, 0.2) is 85.2 Å². The summed E-state index contributed by atoms with van der Waals surface area (Å²) in [6, 6.07) is 22.2. The molecule has 1 N–H and O–H groups in total. The highest BCUT2D eigenvalue weighted by Crippen LogP contribution is 2.38. The van der Waals surface area contributed by atoms with Crippen LogP contribution in [-0.2, 0) is 33.0 Å². The number of hydrogen-bond donors (Lipinski definition) is 1. The Labute approximate surface area is 267 Å². The Balaban J connectivity index is 1.33. The predicted molar refractivity (Wildman–Crippen MR) is 175 cm³/mol. The standard InChI is InChI=1S/C36H34ClN5O3/c1-23-17-24-7-3-4-8-25(24)21-41(23)35(44)30-15-10-26(37)18-31(30)34-19-32(33-9-5-6-16-40(33)34)36(45)42(28-20-38-39(2)22-28)27-11-13-29(43)14-12-27/h3-4,7-8,10-15,18-20,22-23,43H,5-6,9,16-17,21H2,1-2H3/t23-/m1/s1. The first kappa shape index (κ1) is 28.9. The van der Waals surface area contributed by atoms with Crippen molar-refractivity contribution < 1.29 is 14.7 Å². The van der Waals surface area contributed by atoms with Gasteiger partial charge in [-0.3, -0.25) is 19.2 Å². The minimum atomic E-state index is -0.207. The number of amides is 2. The Morgan fingerprint density at radius 3 is 2.49 bits per heavy atom. The van der Waals surface area contributed by atoms with E-state index in [1.807, 2.05) is 35.2 Å². The van der Waals surface area contributed by atoms with Crippen LogP contribution in [0.2, 0.25) is 5.02 Å². The van der Waals surface area contributed by atoms with Gasteiger partial charge in [0, 0.05) is 65.6 Å². The normalized spacial score (nSPS) is 15.8. The molecule has 0 saturated carbocycles. The second-order valence-electron chi connectivity index (χ2n) is 12.0. The smallest absolute Gasteiger partial charge is 0.264 e. The highest BCUT2D eigenvalue weighted by Gasteiger charge is 2.32. The number of aromatic nitrogens is 3. The van der Waals surface area contributed by atoms with Gasteiger partial charge >= 0.3 is 0 Å². The Morgan fingerprint density at radius 2 is 1.73 bits per heavy atom. The zero-order valence-electron chi connectivity index (χ0n) is 25.3. The van der Waals surface area contributed by atoms with Gasteiger partial charge in [-0.15, -0.1) is 0 Å². The molecule has 8 nitrogen and oxygen atoms in total. The molecule has 1 atom stereocenters. The maximum absolute atomic E-state index is 14.6. The molecule has 0 aliphatic carbocycles. The fraction of sp³-hybridized carbons (Fsp3) is 0.250. The molecule has 3 aromatic carbocycles. The van der Waals surface area contributed by atoms with Crippen LogP contribution >= 0.6 is 11.6 Å². The molecule has 0 spiro atoms. The molecule has 2 amide bonds. The van der Waals surface area contributed by atoms with Crippen LogP contribution in [0.1, 0.15) is 57.3 Å². The molecule has 4 heterocycles. The number of phenols is 1. The maximum atomic E-state index is 14.6. The summed E-state index contributed by atoms with van der Waals surface area (Å²) < 4.78 is 3.84. The fourth-order valence-corrected chi connectivity index (χ4v) is 6.91.